The van der Waals surface area contributed by atoms with Gasteiger partial charge in [-0.15, -0.1) is 0 Å². The third-order valence-electron chi connectivity index (χ3n) is 4.36. The Balaban J connectivity index is 1.82. The Morgan fingerprint density at radius 1 is 1.30 bits per heavy atom. The van der Waals surface area contributed by atoms with Gasteiger partial charge in [0, 0.05) is 5.39 Å². The number of aromatic nitrogens is 2. The molecule has 6 heteroatoms. The zero-order chi connectivity index (χ0) is 16.3. The Morgan fingerprint density at radius 2 is 2.04 bits per heavy atom. The number of hydrogen-bond acceptors (Lipinski definition) is 4. The number of benzene rings is 1. The highest BCUT2D eigenvalue weighted by molar-refractivity contribution is 5.82. The standard InChI is InChI=1S/C17H18N4O2/c18-12-17(8-4-1-5-9-17)20-16(23)11-21-14-7-3-2-6-13(14)15(22)10-19-21/h2-3,6-7,10H,1,4-5,8-9,11H2,(H,20,23). The predicted octanol–water partition coefficient (Wildman–Crippen LogP) is 1.74. The largest absolute Gasteiger partial charge is 0.336 e. The maximum absolute atomic E-state index is 12.4. The SMILES string of the molecule is N#CC1(NC(=O)Cn2ncc(=O)c3ccccc32)CCCCC1. The van der Waals surface area contributed by atoms with E-state index in [9.17, 15) is 14.9 Å². The van der Waals surface area contributed by atoms with Crippen molar-refractivity contribution >= 4 is 16.8 Å². The number of para-hydroxylation sites is 1. The highest BCUT2D eigenvalue weighted by Crippen LogP contribution is 2.27. The van der Waals surface area contributed by atoms with Crippen molar-refractivity contribution in [1.82, 2.24) is 15.1 Å². The van der Waals surface area contributed by atoms with Gasteiger partial charge in [0.1, 0.15) is 12.1 Å². The van der Waals surface area contributed by atoms with Crippen LogP contribution in [-0.2, 0) is 11.3 Å². The fourth-order valence-corrected chi connectivity index (χ4v) is 3.15. The Bertz CT molecular complexity index is 828. The van der Waals surface area contributed by atoms with Crippen LogP contribution in [0.4, 0.5) is 0 Å². The predicted molar refractivity (Wildman–Crippen MR) is 85.6 cm³/mol. The first-order valence-electron chi connectivity index (χ1n) is 7.81. The molecule has 0 saturated heterocycles. The number of nitrogens with one attached hydrogen (secondary N) is 1. The molecule has 23 heavy (non-hydrogen) atoms. The third kappa shape index (κ3) is 3.09. The molecule has 1 aromatic carbocycles. The molecule has 1 fully saturated rings. The summed E-state index contributed by atoms with van der Waals surface area (Å²) in [5.74, 6) is -0.255. The highest BCUT2D eigenvalue weighted by atomic mass is 16.2. The van der Waals surface area contributed by atoms with Gasteiger partial charge in [-0.05, 0) is 25.0 Å². The van der Waals surface area contributed by atoms with E-state index < -0.39 is 5.54 Å². The summed E-state index contributed by atoms with van der Waals surface area (Å²) < 4.78 is 1.50. The smallest absolute Gasteiger partial charge is 0.242 e. The average molecular weight is 310 g/mol. The van der Waals surface area contributed by atoms with Gasteiger partial charge in [-0.1, -0.05) is 31.4 Å². The van der Waals surface area contributed by atoms with Crippen LogP contribution in [0.5, 0.6) is 0 Å². The van der Waals surface area contributed by atoms with Crippen LogP contribution in [0.3, 0.4) is 0 Å². The van der Waals surface area contributed by atoms with Crippen LogP contribution in [0.25, 0.3) is 10.9 Å². The van der Waals surface area contributed by atoms with Gasteiger partial charge in [0.2, 0.25) is 11.3 Å². The minimum atomic E-state index is -0.760. The number of rotatable bonds is 3. The summed E-state index contributed by atoms with van der Waals surface area (Å²) in [6, 6.07) is 9.32. The van der Waals surface area contributed by atoms with Crippen molar-refractivity contribution < 1.29 is 4.79 Å². The highest BCUT2D eigenvalue weighted by Gasteiger charge is 2.33. The summed E-state index contributed by atoms with van der Waals surface area (Å²) >= 11 is 0. The van der Waals surface area contributed by atoms with Crippen LogP contribution in [0.1, 0.15) is 32.1 Å². The van der Waals surface area contributed by atoms with Crippen LogP contribution in [0.2, 0.25) is 0 Å². The quantitative estimate of drug-likeness (QED) is 0.935. The number of nitriles is 1. The lowest BCUT2D eigenvalue weighted by molar-refractivity contribution is -0.123. The van der Waals surface area contributed by atoms with Gasteiger partial charge in [0.25, 0.3) is 0 Å². The lowest BCUT2D eigenvalue weighted by Crippen LogP contribution is -2.49. The first-order chi connectivity index (χ1) is 11.1. The number of hydrogen-bond donors (Lipinski definition) is 1. The van der Waals surface area contributed by atoms with E-state index in [0.717, 1.165) is 19.3 Å². The van der Waals surface area contributed by atoms with E-state index in [1.165, 1.54) is 10.9 Å². The number of carbonyl (C=O) groups is 1. The summed E-state index contributed by atoms with van der Waals surface area (Å²) in [6.07, 6.45) is 5.60. The normalized spacial score (nSPS) is 16.7. The van der Waals surface area contributed by atoms with E-state index >= 15 is 0 Å². The van der Waals surface area contributed by atoms with Crippen LogP contribution in [0.15, 0.2) is 35.3 Å². The monoisotopic (exact) mass is 310 g/mol. The second-order valence-corrected chi connectivity index (χ2v) is 5.99. The third-order valence-corrected chi connectivity index (χ3v) is 4.36. The Labute approximate surface area is 133 Å². The van der Waals surface area contributed by atoms with Gasteiger partial charge in [-0.3, -0.25) is 14.3 Å². The molecular formula is C17H18N4O2. The van der Waals surface area contributed by atoms with Gasteiger partial charge in [0.05, 0.1) is 17.8 Å². The second kappa shape index (κ2) is 6.21. The van der Waals surface area contributed by atoms with Crippen LogP contribution < -0.4 is 10.7 Å². The molecule has 2 aromatic rings. The topological polar surface area (TPSA) is 87.8 Å². The zero-order valence-corrected chi connectivity index (χ0v) is 12.8. The Kier molecular flexibility index (Phi) is 4.11. The number of carbonyl (C=O) groups excluding carboxylic acids is 1. The molecule has 6 nitrogen and oxygen atoms in total. The molecule has 1 aliphatic rings. The Hall–Kier alpha value is -2.68. The molecule has 1 heterocycles. The summed E-state index contributed by atoms with van der Waals surface area (Å²) in [7, 11) is 0. The first kappa shape index (κ1) is 15.2. The van der Waals surface area contributed by atoms with Gasteiger partial charge in [-0.2, -0.15) is 10.4 Å². The van der Waals surface area contributed by atoms with Crippen molar-refractivity contribution in [2.75, 3.05) is 0 Å². The van der Waals surface area contributed by atoms with Crippen molar-refractivity contribution in [2.45, 2.75) is 44.2 Å². The van der Waals surface area contributed by atoms with Gasteiger partial charge in [-0.25, -0.2) is 0 Å². The molecule has 1 aromatic heterocycles. The summed E-state index contributed by atoms with van der Waals surface area (Å²) in [6.45, 7) is -0.00970. The van der Waals surface area contributed by atoms with Crippen molar-refractivity contribution in [2.24, 2.45) is 0 Å². The summed E-state index contributed by atoms with van der Waals surface area (Å²) in [4.78, 5) is 24.2. The molecule has 118 valence electrons. The van der Waals surface area contributed by atoms with E-state index in [1.54, 1.807) is 24.3 Å². The van der Waals surface area contributed by atoms with Crippen molar-refractivity contribution in [1.29, 1.82) is 5.26 Å². The Morgan fingerprint density at radius 3 is 2.78 bits per heavy atom. The van der Waals surface area contributed by atoms with Crippen molar-refractivity contribution in [3.63, 3.8) is 0 Å². The van der Waals surface area contributed by atoms with Gasteiger partial charge >= 0.3 is 0 Å². The maximum Gasteiger partial charge on any atom is 0.242 e. The molecular weight excluding hydrogens is 292 g/mol. The van der Waals surface area contributed by atoms with Crippen LogP contribution >= 0.6 is 0 Å². The van der Waals surface area contributed by atoms with Crippen molar-refractivity contribution in [3.8, 4) is 6.07 Å². The number of fused-ring (bicyclic) bond motifs is 1. The second-order valence-electron chi connectivity index (χ2n) is 5.99. The van der Waals surface area contributed by atoms with E-state index in [2.05, 4.69) is 16.5 Å². The van der Waals surface area contributed by atoms with Crippen LogP contribution in [-0.4, -0.2) is 21.2 Å². The molecule has 3 rings (SSSR count). The molecule has 0 radical (unpaired) electrons. The minimum absolute atomic E-state index is 0.00970. The van der Waals surface area contributed by atoms with E-state index in [1.807, 2.05) is 0 Å². The van der Waals surface area contributed by atoms with E-state index in [0.29, 0.717) is 23.7 Å². The van der Waals surface area contributed by atoms with Gasteiger partial charge < -0.3 is 5.32 Å². The molecule has 0 bridgehead atoms. The lowest BCUT2D eigenvalue weighted by Gasteiger charge is -2.31. The average Bonchev–Trinajstić information content (AvgIpc) is 2.58. The zero-order valence-electron chi connectivity index (χ0n) is 12.8. The van der Waals surface area contributed by atoms with E-state index in [4.69, 9.17) is 0 Å². The molecule has 0 spiro atoms. The molecule has 1 N–H and O–H groups in total. The fraction of sp³-hybridized carbons (Fsp3) is 0.412. The lowest BCUT2D eigenvalue weighted by atomic mass is 9.83. The first-order valence-corrected chi connectivity index (χ1v) is 7.81. The molecule has 0 aliphatic heterocycles. The molecule has 1 aliphatic carbocycles. The number of nitrogens with zero attached hydrogens (tertiary/aromatic N) is 3. The van der Waals surface area contributed by atoms with Gasteiger partial charge in [0.15, 0.2) is 0 Å². The summed E-state index contributed by atoms with van der Waals surface area (Å²) in [5, 5.41) is 16.9. The van der Waals surface area contributed by atoms with Crippen LogP contribution in [0, 0.1) is 11.3 Å². The number of amides is 1. The van der Waals surface area contributed by atoms with Crippen molar-refractivity contribution in [3.05, 3.63) is 40.7 Å². The summed E-state index contributed by atoms with van der Waals surface area (Å²) in [5.41, 5.74) is -0.313. The maximum atomic E-state index is 12.4. The van der Waals surface area contributed by atoms with E-state index in [-0.39, 0.29) is 17.9 Å². The molecule has 1 saturated carbocycles. The molecule has 1 amide bonds. The minimum Gasteiger partial charge on any atom is -0.336 e. The molecule has 0 unspecified atom stereocenters. The fourth-order valence-electron chi connectivity index (χ4n) is 3.15. The molecule has 0 atom stereocenters.